The van der Waals surface area contributed by atoms with E-state index < -0.39 is 8.07 Å². The first-order chi connectivity index (χ1) is 4.87. The van der Waals surface area contributed by atoms with Crippen LogP contribution in [-0.2, 0) is 4.43 Å². The summed E-state index contributed by atoms with van der Waals surface area (Å²) < 4.78 is 5.94. The molecule has 0 spiro atoms. The maximum Gasteiger partial charge on any atom is 0.158 e. The smallest absolute Gasteiger partial charge is 0.158 e. The van der Waals surface area contributed by atoms with Crippen LogP contribution < -0.4 is 0 Å². The molecular formula is C8H22OSi2. The molecular weight excluding hydrogens is 168 g/mol. The second kappa shape index (κ2) is 3.87. The molecule has 0 rings (SSSR count). The van der Waals surface area contributed by atoms with E-state index in [-0.39, 0.29) is 15.0 Å². The summed E-state index contributed by atoms with van der Waals surface area (Å²) in [6.45, 7) is 13.9. The van der Waals surface area contributed by atoms with Crippen LogP contribution in [0, 0.1) is 0 Å². The number of hydrogen-bond donors (Lipinski definition) is 0. The molecule has 0 aliphatic rings. The van der Waals surface area contributed by atoms with Crippen LogP contribution in [0.3, 0.4) is 0 Å². The quantitative estimate of drug-likeness (QED) is 0.618. The molecule has 11 heavy (non-hydrogen) atoms. The molecule has 0 aliphatic heterocycles. The molecule has 0 aromatic rings. The lowest BCUT2D eigenvalue weighted by atomic mass is 10.3. The molecule has 0 aromatic heterocycles. The van der Waals surface area contributed by atoms with Crippen molar-refractivity contribution in [3.05, 3.63) is 0 Å². The van der Waals surface area contributed by atoms with Gasteiger partial charge in [-0.1, -0.05) is 33.1 Å². The molecule has 0 heterocycles. The zero-order valence-electron chi connectivity index (χ0n) is 8.82. The van der Waals surface area contributed by atoms with Gasteiger partial charge in [-0.2, -0.15) is 0 Å². The molecule has 0 amide bonds. The molecule has 0 bridgehead atoms. The van der Waals surface area contributed by atoms with Crippen molar-refractivity contribution in [2.45, 2.75) is 51.7 Å². The third-order valence-electron chi connectivity index (χ3n) is 2.72. The van der Waals surface area contributed by atoms with Gasteiger partial charge in [0, 0.05) is 5.22 Å². The summed E-state index contributed by atoms with van der Waals surface area (Å²) in [6.07, 6.45) is 1.17. The second-order valence-electron chi connectivity index (χ2n) is 4.27. The Hall–Kier alpha value is 0.394. The summed E-state index contributed by atoms with van der Waals surface area (Å²) in [5.41, 5.74) is 0. The fourth-order valence-corrected chi connectivity index (χ4v) is 5.23. The van der Waals surface area contributed by atoms with Gasteiger partial charge in [0.05, 0.1) is 8.07 Å². The van der Waals surface area contributed by atoms with Gasteiger partial charge >= 0.3 is 0 Å². The van der Waals surface area contributed by atoms with Gasteiger partial charge in [-0.3, -0.25) is 0 Å². The van der Waals surface area contributed by atoms with Crippen molar-refractivity contribution in [3.8, 4) is 0 Å². The summed E-state index contributed by atoms with van der Waals surface area (Å²) in [7, 11) is -1.37. The van der Waals surface area contributed by atoms with Crippen LogP contribution in [0.2, 0.25) is 26.2 Å². The Kier molecular flexibility index (Phi) is 4.01. The lowest BCUT2D eigenvalue weighted by Crippen LogP contribution is -2.51. The summed E-state index contributed by atoms with van der Waals surface area (Å²) in [4.78, 5) is 0. The van der Waals surface area contributed by atoms with Gasteiger partial charge in [0.1, 0.15) is 0 Å². The van der Waals surface area contributed by atoms with Gasteiger partial charge in [-0.15, -0.1) is 0 Å². The van der Waals surface area contributed by atoms with Gasteiger partial charge in [-0.25, -0.2) is 0 Å². The molecule has 0 saturated carbocycles. The third kappa shape index (κ3) is 2.72. The van der Waals surface area contributed by atoms with Crippen molar-refractivity contribution in [1.82, 2.24) is 0 Å². The van der Waals surface area contributed by atoms with E-state index in [1.54, 1.807) is 0 Å². The molecule has 0 N–H and O–H groups in total. The van der Waals surface area contributed by atoms with E-state index in [1.807, 2.05) is 0 Å². The molecule has 0 saturated heterocycles. The van der Waals surface area contributed by atoms with Gasteiger partial charge in [0.25, 0.3) is 0 Å². The Labute approximate surface area is 74.5 Å². The van der Waals surface area contributed by atoms with Crippen LogP contribution in [0.25, 0.3) is 0 Å². The Balaban J connectivity index is 4.33. The summed E-state index contributed by atoms with van der Waals surface area (Å²) in [6, 6.07) is 0. The van der Waals surface area contributed by atoms with Crippen LogP contribution in [-0.4, -0.2) is 23.1 Å². The SMILES string of the molecule is CCC(C)(O[SiH2]C)[Si](C)(C)C. The molecule has 0 fully saturated rings. The highest BCUT2D eigenvalue weighted by Crippen LogP contribution is 2.27. The standard InChI is InChI=1S/C8H22OSi2/c1-7-8(2,9-10-3)11(4,5)6/h7,10H2,1-6H3. The summed E-state index contributed by atoms with van der Waals surface area (Å²) in [5, 5.41) is 0.230. The van der Waals surface area contributed by atoms with Crippen molar-refractivity contribution in [3.63, 3.8) is 0 Å². The number of hydrogen-bond acceptors (Lipinski definition) is 1. The van der Waals surface area contributed by atoms with Gasteiger partial charge in [0.2, 0.25) is 0 Å². The van der Waals surface area contributed by atoms with E-state index in [1.165, 1.54) is 6.42 Å². The number of rotatable bonds is 4. The van der Waals surface area contributed by atoms with Crippen molar-refractivity contribution in [2.75, 3.05) is 0 Å². The zero-order chi connectivity index (χ0) is 9.12. The zero-order valence-corrected chi connectivity index (χ0v) is 11.2. The molecule has 0 aliphatic carbocycles. The van der Waals surface area contributed by atoms with E-state index in [2.05, 4.69) is 40.0 Å². The molecule has 0 aromatic carbocycles. The normalized spacial score (nSPS) is 19.1. The summed E-state index contributed by atoms with van der Waals surface area (Å²) in [5.74, 6) is 0. The van der Waals surface area contributed by atoms with E-state index in [0.717, 1.165) is 0 Å². The molecule has 1 atom stereocenters. The molecule has 68 valence electrons. The first-order valence-electron chi connectivity index (χ1n) is 4.51. The third-order valence-corrected chi connectivity index (χ3v) is 7.61. The van der Waals surface area contributed by atoms with Gasteiger partial charge in [0.15, 0.2) is 9.76 Å². The van der Waals surface area contributed by atoms with Crippen LogP contribution >= 0.6 is 0 Å². The van der Waals surface area contributed by atoms with Crippen molar-refractivity contribution in [2.24, 2.45) is 0 Å². The molecule has 0 radical (unpaired) electrons. The minimum Gasteiger partial charge on any atom is -0.422 e. The Morgan fingerprint density at radius 2 is 1.82 bits per heavy atom. The Morgan fingerprint density at radius 3 is 1.91 bits per heavy atom. The maximum absolute atomic E-state index is 5.94. The highest BCUT2D eigenvalue weighted by molar-refractivity contribution is 6.79. The lowest BCUT2D eigenvalue weighted by Gasteiger charge is -2.40. The van der Waals surface area contributed by atoms with Crippen LogP contribution in [0.1, 0.15) is 20.3 Å². The predicted octanol–water partition coefficient (Wildman–Crippen LogP) is 2.18. The lowest BCUT2D eigenvalue weighted by molar-refractivity contribution is 0.170. The fraction of sp³-hybridized carbons (Fsp3) is 1.00. The Bertz CT molecular complexity index is 120. The van der Waals surface area contributed by atoms with Crippen molar-refractivity contribution < 1.29 is 4.43 Å². The molecule has 1 unspecified atom stereocenters. The highest BCUT2D eigenvalue weighted by Gasteiger charge is 2.37. The first-order valence-corrected chi connectivity index (χ1v) is 10.0. The topological polar surface area (TPSA) is 9.23 Å². The predicted molar refractivity (Wildman–Crippen MR) is 57.5 cm³/mol. The largest absolute Gasteiger partial charge is 0.422 e. The minimum atomic E-state index is -1.12. The fourth-order valence-electron chi connectivity index (χ4n) is 1.17. The van der Waals surface area contributed by atoms with Gasteiger partial charge < -0.3 is 4.43 Å². The van der Waals surface area contributed by atoms with Crippen LogP contribution in [0.5, 0.6) is 0 Å². The van der Waals surface area contributed by atoms with E-state index in [9.17, 15) is 0 Å². The van der Waals surface area contributed by atoms with Gasteiger partial charge in [-0.05, 0) is 13.3 Å². The maximum atomic E-state index is 5.94. The minimum absolute atomic E-state index is 0.230. The average molecular weight is 190 g/mol. The second-order valence-corrected chi connectivity index (χ2v) is 10.7. The Morgan fingerprint density at radius 1 is 1.36 bits per heavy atom. The van der Waals surface area contributed by atoms with E-state index in [0.29, 0.717) is 0 Å². The highest BCUT2D eigenvalue weighted by atomic mass is 28.3. The van der Waals surface area contributed by atoms with Crippen LogP contribution in [0.4, 0.5) is 0 Å². The first kappa shape index (κ1) is 11.4. The van der Waals surface area contributed by atoms with Crippen molar-refractivity contribution in [1.29, 1.82) is 0 Å². The van der Waals surface area contributed by atoms with Crippen LogP contribution in [0.15, 0.2) is 0 Å². The molecule has 3 heteroatoms. The summed E-state index contributed by atoms with van der Waals surface area (Å²) >= 11 is 0. The monoisotopic (exact) mass is 190 g/mol. The van der Waals surface area contributed by atoms with Crippen molar-refractivity contribution >= 4 is 17.8 Å². The van der Waals surface area contributed by atoms with E-state index >= 15 is 0 Å². The average Bonchev–Trinajstić information content (AvgIpc) is 1.86. The molecule has 1 nitrogen and oxygen atoms in total. The van der Waals surface area contributed by atoms with E-state index in [4.69, 9.17) is 4.43 Å².